The van der Waals surface area contributed by atoms with Gasteiger partial charge < -0.3 is 10.6 Å². The molecule has 1 aromatic heterocycles. The van der Waals surface area contributed by atoms with Crippen LogP contribution in [0.15, 0.2) is 54.7 Å². The summed E-state index contributed by atoms with van der Waals surface area (Å²) in [6.07, 6.45) is 1.49. The van der Waals surface area contributed by atoms with Crippen LogP contribution >= 0.6 is 0 Å². The lowest BCUT2D eigenvalue weighted by Crippen LogP contribution is -2.03. The maximum atomic E-state index is 9.11. The highest BCUT2D eigenvalue weighted by molar-refractivity contribution is 5.64. The molecule has 114 valence electrons. The molecule has 2 N–H and O–H groups in total. The second-order valence-corrected chi connectivity index (χ2v) is 4.76. The third-order valence-corrected chi connectivity index (χ3v) is 3.14. The fourth-order valence-electron chi connectivity index (χ4n) is 2.00. The molecular weight excluding hydrogens is 302 g/mol. The highest BCUT2D eigenvalue weighted by atomic mass is 15.3. The first-order valence-corrected chi connectivity index (χ1v) is 7.01. The van der Waals surface area contributed by atoms with E-state index in [0.717, 1.165) is 5.69 Å². The molecule has 0 saturated heterocycles. The highest BCUT2D eigenvalue weighted by Crippen LogP contribution is 2.19. The Morgan fingerprint density at radius 3 is 2.42 bits per heavy atom. The Labute approximate surface area is 138 Å². The number of hydrogen-bond acceptors (Lipinski definition) is 7. The molecule has 0 saturated carbocycles. The van der Waals surface area contributed by atoms with E-state index in [9.17, 15) is 0 Å². The summed E-state index contributed by atoms with van der Waals surface area (Å²) >= 11 is 0. The summed E-state index contributed by atoms with van der Waals surface area (Å²) in [5.41, 5.74) is 2.46. The first kappa shape index (κ1) is 14.9. The number of anilines is 4. The molecule has 7 nitrogen and oxygen atoms in total. The van der Waals surface area contributed by atoms with Gasteiger partial charge in [0.2, 0.25) is 5.95 Å². The quantitative estimate of drug-likeness (QED) is 0.761. The number of benzene rings is 2. The SMILES string of the molecule is N#Cc1ccc(Nc2cnnc(Nc3ccccc3C#N)n2)cc1. The van der Waals surface area contributed by atoms with Crippen LogP contribution in [-0.2, 0) is 0 Å². The van der Waals surface area contributed by atoms with Crippen LogP contribution in [0.3, 0.4) is 0 Å². The Morgan fingerprint density at radius 2 is 1.67 bits per heavy atom. The Morgan fingerprint density at radius 1 is 0.875 bits per heavy atom. The summed E-state index contributed by atoms with van der Waals surface area (Å²) in [7, 11) is 0. The third-order valence-electron chi connectivity index (χ3n) is 3.14. The maximum Gasteiger partial charge on any atom is 0.249 e. The van der Waals surface area contributed by atoms with Crippen molar-refractivity contribution in [3.05, 3.63) is 65.9 Å². The van der Waals surface area contributed by atoms with Crippen molar-refractivity contribution in [2.45, 2.75) is 0 Å². The van der Waals surface area contributed by atoms with Crippen LogP contribution in [0, 0.1) is 22.7 Å². The molecule has 0 bridgehead atoms. The maximum absolute atomic E-state index is 9.11. The van der Waals surface area contributed by atoms with E-state index in [1.807, 2.05) is 6.07 Å². The molecule has 3 aromatic rings. The van der Waals surface area contributed by atoms with Crippen molar-refractivity contribution < 1.29 is 0 Å². The van der Waals surface area contributed by atoms with Gasteiger partial charge in [-0.05, 0) is 36.4 Å². The monoisotopic (exact) mass is 313 g/mol. The largest absolute Gasteiger partial charge is 0.339 e. The van der Waals surface area contributed by atoms with Crippen LogP contribution in [-0.4, -0.2) is 15.2 Å². The van der Waals surface area contributed by atoms with Gasteiger partial charge in [-0.25, -0.2) is 0 Å². The molecule has 0 unspecified atom stereocenters. The molecule has 0 amide bonds. The van der Waals surface area contributed by atoms with Gasteiger partial charge in [-0.1, -0.05) is 12.1 Å². The standard InChI is InChI=1S/C17H11N7/c18-9-12-5-7-14(8-6-12)21-16-11-20-24-17(23-16)22-15-4-2-1-3-13(15)10-19/h1-8,11H,(H2,21,22,23,24). The average molecular weight is 313 g/mol. The number of nitrogens with one attached hydrogen (secondary N) is 2. The van der Waals surface area contributed by atoms with Gasteiger partial charge in [-0.15, -0.1) is 5.10 Å². The third kappa shape index (κ3) is 3.43. The van der Waals surface area contributed by atoms with Crippen molar-refractivity contribution in [1.82, 2.24) is 15.2 Å². The van der Waals surface area contributed by atoms with Crippen molar-refractivity contribution in [3.8, 4) is 12.1 Å². The van der Waals surface area contributed by atoms with Crippen LogP contribution in [0.25, 0.3) is 0 Å². The van der Waals surface area contributed by atoms with Gasteiger partial charge in [0.05, 0.1) is 29.1 Å². The zero-order valence-electron chi connectivity index (χ0n) is 12.4. The predicted molar refractivity (Wildman–Crippen MR) is 88.7 cm³/mol. The summed E-state index contributed by atoms with van der Waals surface area (Å²) in [6, 6.07) is 18.2. The van der Waals surface area contributed by atoms with Crippen LogP contribution in [0.5, 0.6) is 0 Å². The Hall–Kier alpha value is -3.97. The van der Waals surface area contributed by atoms with E-state index < -0.39 is 0 Å². The van der Waals surface area contributed by atoms with E-state index in [2.05, 4.69) is 38.0 Å². The van der Waals surface area contributed by atoms with E-state index >= 15 is 0 Å². The summed E-state index contributed by atoms with van der Waals surface area (Å²) in [4.78, 5) is 4.31. The molecule has 7 heteroatoms. The molecule has 0 aliphatic carbocycles. The Kier molecular flexibility index (Phi) is 4.27. The highest BCUT2D eigenvalue weighted by Gasteiger charge is 2.05. The van der Waals surface area contributed by atoms with E-state index in [1.54, 1.807) is 42.5 Å². The zero-order valence-corrected chi connectivity index (χ0v) is 12.4. The van der Waals surface area contributed by atoms with Crippen molar-refractivity contribution in [3.63, 3.8) is 0 Å². The molecular formula is C17H11N7. The normalized spacial score (nSPS) is 9.58. The minimum Gasteiger partial charge on any atom is -0.339 e. The summed E-state index contributed by atoms with van der Waals surface area (Å²) in [6.45, 7) is 0. The van der Waals surface area contributed by atoms with Gasteiger partial charge in [-0.2, -0.15) is 20.6 Å². The van der Waals surface area contributed by atoms with Crippen LogP contribution in [0.1, 0.15) is 11.1 Å². The van der Waals surface area contributed by atoms with Gasteiger partial charge in [0.1, 0.15) is 6.07 Å². The lowest BCUT2D eigenvalue weighted by Gasteiger charge is -2.08. The smallest absolute Gasteiger partial charge is 0.249 e. The lowest BCUT2D eigenvalue weighted by molar-refractivity contribution is 0.982. The van der Waals surface area contributed by atoms with E-state index in [-0.39, 0.29) is 5.95 Å². The fraction of sp³-hybridized carbons (Fsp3) is 0. The number of hydrogen-bond donors (Lipinski definition) is 2. The first-order valence-electron chi connectivity index (χ1n) is 7.01. The van der Waals surface area contributed by atoms with Crippen molar-refractivity contribution in [1.29, 1.82) is 10.5 Å². The molecule has 2 aromatic carbocycles. The number of nitriles is 2. The zero-order chi connectivity index (χ0) is 16.8. The van der Waals surface area contributed by atoms with Crippen molar-refractivity contribution in [2.75, 3.05) is 10.6 Å². The predicted octanol–water partition coefficient (Wildman–Crippen LogP) is 3.10. The second-order valence-electron chi connectivity index (χ2n) is 4.76. The van der Waals surface area contributed by atoms with Gasteiger partial charge in [0.25, 0.3) is 0 Å². The fourth-order valence-corrected chi connectivity index (χ4v) is 2.00. The van der Waals surface area contributed by atoms with Gasteiger partial charge in [-0.3, -0.25) is 0 Å². The number of aromatic nitrogens is 3. The Bertz CT molecular complexity index is 936. The van der Waals surface area contributed by atoms with Crippen molar-refractivity contribution in [2.24, 2.45) is 0 Å². The molecule has 0 atom stereocenters. The van der Waals surface area contributed by atoms with Crippen LogP contribution < -0.4 is 10.6 Å². The summed E-state index contributed by atoms with van der Waals surface area (Å²) in [5, 5.41) is 31.8. The molecule has 0 spiro atoms. The average Bonchev–Trinajstić information content (AvgIpc) is 2.63. The van der Waals surface area contributed by atoms with Crippen LogP contribution in [0.2, 0.25) is 0 Å². The van der Waals surface area contributed by atoms with Crippen LogP contribution in [0.4, 0.5) is 23.1 Å². The van der Waals surface area contributed by atoms with Gasteiger partial charge >= 0.3 is 0 Å². The Balaban J connectivity index is 1.79. The molecule has 0 fully saturated rings. The topological polar surface area (TPSA) is 110 Å². The molecule has 1 heterocycles. The van der Waals surface area contributed by atoms with Crippen molar-refractivity contribution >= 4 is 23.1 Å². The molecule has 0 aliphatic rings. The molecule has 0 radical (unpaired) electrons. The molecule has 24 heavy (non-hydrogen) atoms. The van der Waals surface area contributed by atoms with Gasteiger partial charge in [0, 0.05) is 5.69 Å². The van der Waals surface area contributed by atoms with E-state index in [1.165, 1.54) is 6.20 Å². The first-order chi connectivity index (χ1) is 11.8. The minimum atomic E-state index is 0.274. The summed E-state index contributed by atoms with van der Waals surface area (Å²) in [5.74, 6) is 0.767. The number of para-hydroxylation sites is 1. The number of nitrogens with zero attached hydrogens (tertiary/aromatic N) is 5. The van der Waals surface area contributed by atoms with Gasteiger partial charge in [0.15, 0.2) is 5.82 Å². The molecule has 3 rings (SSSR count). The number of rotatable bonds is 4. The second kappa shape index (κ2) is 6.86. The van der Waals surface area contributed by atoms with E-state index in [0.29, 0.717) is 22.6 Å². The minimum absolute atomic E-state index is 0.274. The lowest BCUT2D eigenvalue weighted by atomic mass is 10.2. The molecule has 0 aliphatic heterocycles. The summed E-state index contributed by atoms with van der Waals surface area (Å²) < 4.78 is 0. The van der Waals surface area contributed by atoms with E-state index in [4.69, 9.17) is 10.5 Å².